The summed E-state index contributed by atoms with van der Waals surface area (Å²) in [6.07, 6.45) is -4.40. The van der Waals surface area contributed by atoms with Gasteiger partial charge in [0.15, 0.2) is 5.65 Å². The summed E-state index contributed by atoms with van der Waals surface area (Å²) in [5, 5.41) is 16.3. The molecular weight excluding hydrogens is 385 g/mol. The fourth-order valence-electron chi connectivity index (χ4n) is 2.83. The minimum absolute atomic E-state index is 0.156. The number of halogens is 3. The van der Waals surface area contributed by atoms with Crippen molar-refractivity contribution in [2.45, 2.75) is 6.18 Å². The molecular formula is C20H13F3N4O2. The predicted molar refractivity (Wildman–Crippen MR) is 100 cm³/mol. The number of benzene rings is 2. The second-order valence-corrected chi connectivity index (χ2v) is 6.20. The molecule has 9 heteroatoms. The molecule has 4 rings (SSSR count). The lowest BCUT2D eigenvalue weighted by Crippen LogP contribution is -2.04. The van der Waals surface area contributed by atoms with Crippen LogP contribution in [0, 0.1) is 0 Å². The lowest BCUT2D eigenvalue weighted by atomic mass is 10.1. The fourth-order valence-corrected chi connectivity index (χ4v) is 2.83. The average molecular weight is 398 g/mol. The summed E-state index contributed by atoms with van der Waals surface area (Å²) in [6, 6.07) is 16.1. The van der Waals surface area contributed by atoms with Crippen LogP contribution in [0.15, 0.2) is 66.7 Å². The quantitative estimate of drug-likeness (QED) is 0.513. The summed E-state index contributed by atoms with van der Waals surface area (Å²) in [7, 11) is 0. The van der Waals surface area contributed by atoms with E-state index in [0.29, 0.717) is 22.6 Å². The summed E-state index contributed by atoms with van der Waals surface area (Å²) in [6.45, 7) is 0. The highest BCUT2D eigenvalue weighted by Crippen LogP contribution is 2.31. The summed E-state index contributed by atoms with van der Waals surface area (Å²) in [4.78, 5) is 15.3. The average Bonchev–Trinajstić information content (AvgIpc) is 3.10. The Morgan fingerprint density at radius 3 is 2.28 bits per heavy atom. The van der Waals surface area contributed by atoms with E-state index in [9.17, 15) is 18.0 Å². The first-order chi connectivity index (χ1) is 13.8. The molecule has 0 spiro atoms. The number of nitrogens with zero attached hydrogens (tertiary/aromatic N) is 3. The number of alkyl halides is 3. The Morgan fingerprint density at radius 1 is 0.966 bits per heavy atom. The molecule has 146 valence electrons. The van der Waals surface area contributed by atoms with E-state index in [1.54, 1.807) is 30.3 Å². The van der Waals surface area contributed by atoms with E-state index in [0.717, 1.165) is 12.1 Å². The van der Waals surface area contributed by atoms with Gasteiger partial charge in [-0.15, -0.1) is 5.10 Å². The van der Waals surface area contributed by atoms with Crippen LogP contribution < -0.4 is 5.32 Å². The second-order valence-electron chi connectivity index (χ2n) is 6.20. The van der Waals surface area contributed by atoms with Crippen molar-refractivity contribution in [2.24, 2.45) is 0 Å². The Kier molecular flexibility index (Phi) is 4.42. The van der Waals surface area contributed by atoms with E-state index < -0.39 is 17.7 Å². The predicted octanol–water partition coefficient (Wildman–Crippen LogP) is 4.86. The number of anilines is 2. The highest BCUT2D eigenvalue weighted by Gasteiger charge is 2.30. The molecule has 0 unspecified atom stereocenters. The van der Waals surface area contributed by atoms with Crippen LogP contribution in [0.1, 0.15) is 15.9 Å². The van der Waals surface area contributed by atoms with Gasteiger partial charge in [0.2, 0.25) is 5.95 Å². The molecule has 0 radical (unpaired) electrons. The number of rotatable bonds is 4. The largest absolute Gasteiger partial charge is 0.478 e. The molecule has 0 atom stereocenters. The highest BCUT2D eigenvalue weighted by molar-refractivity contribution is 5.88. The van der Waals surface area contributed by atoms with Crippen molar-refractivity contribution in [3.63, 3.8) is 0 Å². The van der Waals surface area contributed by atoms with E-state index >= 15 is 0 Å². The van der Waals surface area contributed by atoms with Gasteiger partial charge in [-0.2, -0.15) is 18.2 Å². The zero-order valence-electron chi connectivity index (χ0n) is 14.7. The standard InChI is InChI=1S/C20H13F3N4O2/c21-20(22,23)14-8-4-12(5-9-14)16-2-1-3-17-25-19(26-27(16)17)24-15-10-6-13(7-11-15)18(28)29/h1-11H,(H,24,26)(H,28,29). The summed E-state index contributed by atoms with van der Waals surface area (Å²) < 4.78 is 39.9. The molecule has 0 aliphatic carbocycles. The molecule has 0 bridgehead atoms. The van der Waals surface area contributed by atoms with Gasteiger partial charge in [0.1, 0.15) is 0 Å². The van der Waals surface area contributed by atoms with Crippen LogP contribution in [0.3, 0.4) is 0 Å². The van der Waals surface area contributed by atoms with Crippen LogP contribution in [0.5, 0.6) is 0 Å². The van der Waals surface area contributed by atoms with Crippen LogP contribution in [0.4, 0.5) is 24.8 Å². The normalized spacial score (nSPS) is 11.6. The maximum Gasteiger partial charge on any atom is 0.416 e. The van der Waals surface area contributed by atoms with Crippen LogP contribution in [0.2, 0.25) is 0 Å². The van der Waals surface area contributed by atoms with E-state index in [1.807, 2.05) is 0 Å². The van der Waals surface area contributed by atoms with Crippen molar-refractivity contribution in [3.8, 4) is 11.3 Å². The number of hydrogen-bond donors (Lipinski definition) is 2. The zero-order chi connectivity index (χ0) is 20.6. The molecule has 4 aromatic rings. The Morgan fingerprint density at radius 2 is 1.66 bits per heavy atom. The lowest BCUT2D eigenvalue weighted by molar-refractivity contribution is -0.137. The lowest BCUT2D eigenvalue weighted by Gasteiger charge is -2.08. The summed E-state index contributed by atoms with van der Waals surface area (Å²) >= 11 is 0. The zero-order valence-corrected chi connectivity index (χ0v) is 14.7. The maximum absolute atomic E-state index is 12.8. The SMILES string of the molecule is O=C(O)c1ccc(Nc2nc3cccc(-c4ccc(C(F)(F)F)cc4)n3n2)cc1. The Hall–Kier alpha value is -3.88. The molecule has 0 aliphatic heterocycles. The number of nitrogens with one attached hydrogen (secondary N) is 1. The first kappa shape index (κ1) is 18.5. The molecule has 0 saturated heterocycles. The summed E-state index contributed by atoms with van der Waals surface area (Å²) in [5.74, 6) is -0.754. The molecule has 2 aromatic carbocycles. The van der Waals surface area contributed by atoms with Crippen molar-refractivity contribution >= 4 is 23.3 Å². The van der Waals surface area contributed by atoms with Crippen LogP contribution in [-0.4, -0.2) is 25.7 Å². The van der Waals surface area contributed by atoms with Crippen molar-refractivity contribution in [3.05, 3.63) is 77.9 Å². The van der Waals surface area contributed by atoms with Gasteiger partial charge in [-0.3, -0.25) is 0 Å². The number of aromatic nitrogens is 3. The molecule has 0 saturated carbocycles. The van der Waals surface area contributed by atoms with Gasteiger partial charge < -0.3 is 10.4 Å². The third-order valence-corrected chi connectivity index (χ3v) is 4.26. The number of carboxylic acid groups (broad SMARTS) is 1. The van der Waals surface area contributed by atoms with E-state index in [2.05, 4.69) is 15.4 Å². The van der Waals surface area contributed by atoms with Gasteiger partial charge in [-0.25, -0.2) is 9.31 Å². The molecule has 6 nitrogen and oxygen atoms in total. The monoisotopic (exact) mass is 398 g/mol. The third-order valence-electron chi connectivity index (χ3n) is 4.26. The molecule has 2 aromatic heterocycles. The third kappa shape index (κ3) is 3.75. The smallest absolute Gasteiger partial charge is 0.416 e. The van der Waals surface area contributed by atoms with E-state index in [-0.39, 0.29) is 11.5 Å². The van der Waals surface area contributed by atoms with Gasteiger partial charge >= 0.3 is 12.1 Å². The second kappa shape index (κ2) is 6.93. The van der Waals surface area contributed by atoms with Crippen LogP contribution in [0.25, 0.3) is 16.9 Å². The maximum atomic E-state index is 12.8. The van der Waals surface area contributed by atoms with Gasteiger partial charge in [0.25, 0.3) is 0 Å². The molecule has 2 N–H and O–H groups in total. The number of carbonyl (C=O) groups is 1. The Balaban J connectivity index is 1.66. The van der Waals surface area contributed by atoms with Gasteiger partial charge in [-0.1, -0.05) is 18.2 Å². The first-order valence-electron chi connectivity index (χ1n) is 8.45. The molecule has 0 aliphatic rings. The van der Waals surface area contributed by atoms with Crippen molar-refractivity contribution < 1.29 is 23.1 Å². The minimum atomic E-state index is -4.40. The molecule has 0 fully saturated rings. The molecule has 29 heavy (non-hydrogen) atoms. The van der Waals surface area contributed by atoms with E-state index in [1.165, 1.54) is 28.8 Å². The summed E-state index contributed by atoms with van der Waals surface area (Å²) in [5.41, 5.74) is 1.68. The van der Waals surface area contributed by atoms with Crippen molar-refractivity contribution in [1.29, 1.82) is 0 Å². The van der Waals surface area contributed by atoms with Gasteiger partial charge in [0.05, 0.1) is 16.8 Å². The number of carboxylic acids is 1. The van der Waals surface area contributed by atoms with Crippen molar-refractivity contribution in [1.82, 2.24) is 14.6 Å². The van der Waals surface area contributed by atoms with Crippen LogP contribution >= 0.6 is 0 Å². The number of fused-ring (bicyclic) bond motifs is 1. The molecule has 0 amide bonds. The topological polar surface area (TPSA) is 79.5 Å². The fraction of sp³-hybridized carbons (Fsp3) is 0.0500. The number of pyridine rings is 1. The number of hydrogen-bond acceptors (Lipinski definition) is 4. The highest BCUT2D eigenvalue weighted by atomic mass is 19.4. The first-order valence-corrected chi connectivity index (χ1v) is 8.45. The van der Waals surface area contributed by atoms with E-state index in [4.69, 9.17) is 5.11 Å². The van der Waals surface area contributed by atoms with Crippen molar-refractivity contribution in [2.75, 3.05) is 5.32 Å². The molecule has 2 heterocycles. The number of aromatic carboxylic acids is 1. The Labute approximate surface area is 162 Å². The van der Waals surface area contributed by atoms with Crippen LogP contribution in [-0.2, 0) is 6.18 Å². The minimum Gasteiger partial charge on any atom is -0.478 e. The van der Waals surface area contributed by atoms with Gasteiger partial charge in [0, 0.05) is 11.3 Å². The van der Waals surface area contributed by atoms with Gasteiger partial charge in [-0.05, 0) is 48.5 Å². The Bertz CT molecular complexity index is 1180.